The molecule has 0 N–H and O–H groups in total. The molecule has 0 amide bonds. The molecule has 0 unspecified atom stereocenters. The minimum Gasteiger partial charge on any atom is -0.306 e. The lowest BCUT2D eigenvalue weighted by Crippen LogP contribution is -2.34. The summed E-state index contributed by atoms with van der Waals surface area (Å²) in [6.45, 7) is 9.31. The third-order valence-corrected chi connectivity index (χ3v) is 3.94. The lowest BCUT2D eigenvalue weighted by molar-refractivity contribution is 0.203. The third-order valence-electron chi connectivity index (χ3n) is 3.94. The summed E-state index contributed by atoms with van der Waals surface area (Å²) >= 11 is 0. The second kappa shape index (κ2) is 5.45. The van der Waals surface area contributed by atoms with Gasteiger partial charge in [0.05, 0.1) is 12.0 Å². The highest BCUT2D eigenvalue weighted by Crippen LogP contribution is 2.19. The largest absolute Gasteiger partial charge is 0.306 e. The molecule has 4 nitrogen and oxygen atoms in total. The maximum absolute atomic E-state index is 12.1. The van der Waals surface area contributed by atoms with Crippen molar-refractivity contribution in [1.82, 2.24) is 14.5 Å². The van der Waals surface area contributed by atoms with E-state index in [4.69, 9.17) is 0 Å². The fourth-order valence-corrected chi connectivity index (χ4v) is 2.50. The first-order valence-corrected chi connectivity index (χ1v) is 7.12. The molecular weight excluding hydrogens is 238 g/mol. The van der Waals surface area contributed by atoms with Gasteiger partial charge in [-0.1, -0.05) is 20.8 Å². The van der Waals surface area contributed by atoms with Crippen LogP contribution in [0.2, 0.25) is 0 Å². The number of likely N-dealkylation sites (tertiary alicyclic amines) is 1. The van der Waals surface area contributed by atoms with Crippen molar-refractivity contribution in [3.05, 3.63) is 28.4 Å². The molecule has 0 aromatic carbocycles. The molecule has 0 radical (unpaired) electrons. The van der Waals surface area contributed by atoms with Gasteiger partial charge in [0.2, 0.25) is 0 Å². The van der Waals surface area contributed by atoms with E-state index in [0.29, 0.717) is 5.92 Å². The first-order valence-electron chi connectivity index (χ1n) is 7.12. The quantitative estimate of drug-likeness (QED) is 0.817. The lowest BCUT2D eigenvalue weighted by atomic mass is 9.92. The fourth-order valence-electron chi connectivity index (χ4n) is 2.50. The summed E-state index contributed by atoms with van der Waals surface area (Å²) in [5.74, 6) is 0.608. The highest BCUT2D eigenvalue weighted by molar-refractivity contribution is 5.10. The van der Waals surface area contributed by atoms with Crippen LogP contribution >= 0.6 is 0 Å². The van der Waals surface area contributed by atoms with Gasteiger partial charge in [-0.2, -0.15) is 0 Å². The summed E-state index contributed by atoms with van der Waals surface area (Å²) < 4.78 is 1.77. The molecule has 0 atom stereocenters. The Hall–Kier alpha value is -1.16. The number of hydrogen-bond donors (Lipinski definition) is 0. The Balaban J connectivity index is 2.08. The van der Waals surface area contributed by atoms with E-state index >= 15 is 0 Å². The van der Waals surface area contributed by atoms with Crippen molar-refractivity contribution in [2.45, 2.75) is 45.6 Å². The second-order valence-electron chi connectivity index (χ2n) is 6.76. The Labute approximate surface area is 115 Å². The van der Waals surface area contributed by atoms with Gasteiger partial charge in [-0.05, 0) is 38.9 Å². The topological polar surface area (TPSA) is 38.1 Å². The summed E-state index contributed by atoms with van der Waals surface area (Å²) in [4.78, 5) is 18.9. The van der Waals surface area contributed by atoms with Crippen LogP contribution in [0, 0.1) is 5.92 Å². The first kappa shape index (κ1) is 14.3. The molecule has 0 aliphatic carbocycles. The molecule has 1 aliphatic rings. The van der Waals surface area contributed by atoms with Gasteiger partial charge in [-0.25, -0.2) is 4.98 Å². The van der Waals surface area contributed by atoms with Crippen molar-refractivity contribution < 1.29 is 0 Å². The molecule has 0 bridgehead atoms. The van der Waals surface area contributed by atoms with E-state index in [9.17, 15) is 4.79 Å². The van der Waals surface area contributed by atoms with E-state index < -0.39 is 0 Å². The van der Waals surface area contributed by atoms with E-state index in [2.05, 4.69) is 37.7 Å². The monoisotopic (exact) mass is 263 g/mol. The molecule has 1 fully saturated rings. The van der Waals surface area contributed by atoms with Crippen LogP contribution in [0.25, 0.3) is 0 Å². The van der Waals surface area contributed by atoms with Gasteiger partial charge in [-0.3, -0.25) is 9.36 Å². The van der Waals surface area contributed by atoms with E-state index in [1.54, 1.807) is 17.0 Å². The molecule has 1 aromatic heterocycles. The van der Waals surface area contributed by atoms with Gasteiger partial charge in [0.15, 0.2) is 0 Å². The van der Waals surface area contributed by atoms with Gasteiger partial charge in [0.25, 0.3) is 5.56 Å². The molecular formula is C15H25N3O. The Morgan fingerprint density at radius 1 is 1.32 bits per heavy atom. The van der Waals surface area contributed by atoms with E-state index in [1.807, 2.05) is 0 Å². The average molecular weight is 263 g/mol. The predicted octanol–water partition coefficient (Wildman–Crippen LogP) is 1.88. The van der Waals surface area contributed by atoms with Crippen molar-refractivity contribution in [2.75, 3.05) is 20.1 Å². The zero-order chi connectivity index (χ0) is 14.0. The summed E-state index contributed by atoms with van der Waals surface area (Å²) in [6.07, 6.45) is 4.06. The fraction of sp³-hybridized carbons (Fsp3) is 0.733. The van der Waals surface area contributed by atoms with E-state index in [1.165, 1.54) is 12.8 Å². The Kier molecular flexibility index (Phi) is 4.09. The molecule has 1 aliphatic heterocycles. The van der Waals surface area contributed by atoms with Crippen LogP contribution < -0.4 is 5.56 Å². The van der Waals surface area contributed by atoms with Gasteiger partial charge in [0, 0.05) is 18.0 Å². The smallest absolute Gasteiger partial charge is 0.253 e. The summed E-state index contributed by atoms with van der Waals surface area (Å²) in [5.41, 5.74) is 0.891. The van der Waals surface area contributed by atoms with Gasteiger partial charge in [0.1, 0.15) is 0 Å². The number of rotatable bonds is 2. The summed E-state index contributed by atoms with van der Waals surface area (Å²) in [6, 6.07) is 1.69. The molecule has 2 heterocycles. The zero-order valence-electron chi connectivity index (χ0n) is 12.5. The number of hydrogen-bond acceptors (Lipinski definition) is 3. The second-order valence-corrected chi connectivity index (χ2v) is 6.76. The summed E-state index contributed by atoms with van der Waals surface area (Å²) in [5, 5.41) is 0. The molecule has 1 aromatic rings. The van der Waals surface area contributed by atoms with Crippen LogP contribution in [-0.2, 0) is 12.0 Å². The van der Waals surface area contributed by atoms with Crippen LogP contribution in [-0.4, -0.2) is 34.6 Å². The van der Waals surface area contributed by atoms with Crippen LogP contribution in [0.15, 0.2) is 17.2 Å². The average Bonchev–Trinajstić information content (AvgIpc) is 2.33. The van der Waals surface area contributed by atoms with Crippen LogP contribution in [0.4, 0.5) is 0 Å². The molecule has 106 valence electrons. The lowest BCUT2D eigenvalue weighted by Gasteiger charge is -2.29. The van der Waals surface area contributed by atoms with Gasteiger partial charge in [-0.15, -0.1) is 0 Å². The first-order chi connectivity index (χ1) is 8.86. The SMILES string of the molecule is CN1CCC(Cn2cnc(C(C)(C)C)cc2=O)CC1. The predicted molar refractivity (Wildman–Crippen MR) is 77.4 cm³/mol. The van der Waals surface area contributed by atoms with Gasteiger partial charge >= 0.3 is 0 Å². The zero-order valence-corrected chi connectivity index (χ0v) is 12.5. The van der Waals surface area contributed by atoms with Crippen molar-refractivity contribution >= 4 is 0 Å². The third kappa shape index (κ3) is 3.66. The molecule has 2 rings (SSSR count). The maximum Gasteiger partial charge on any atom is 0.253 e. The van der Waals surface area contributed by atoms with Crippen LogP contribution in [0.5, 0.6) is 0 Å². The minimum atomic E-state index is -0.0637. The summed E-state index contributed by atoms with van der Waals surface area (Å²) in [7, 11) is 2.15. The molecule has 1 saturated heterocycles. The van der Waals surface area contributed by atoms with Crippen LogP contribution in [0.3, 0.4) is 0 Å². The van der Waals surface area contributed by atoms with Gasteiger partial charge < -0.3 is 4.90 Å². The molecule has 4 heteroatoms. The normalized spacial score (nSPS) is 18.7. The van der Waals surface area contributed by atoms with Crippen molar-refractivity contribution in [2.24, 2.45) is 5.92 Å². The number of nitrogens with zero attached hydrogens (tertiary/aromatic N) is 3. The van der Waals surface area contributed by atoms with Crippen molar-refractivity contribution in [3.8, 4) is 0 Å². The highest BCUT2D eigenvalue weighted by atomic mass is 16.1. The van der Waals surface area contributed by atoms with E-state index in [0.717, 1.165) is 25.3 Å². The van der Waals surface area contributed by atoms with Crippen molar-refractivity contribution in [3.63, 3.8) is 0 Å². The highest BCUT2D eigenvalue weighted by Gasteiger charge is 2.19. The molecule has 19 heavy (non-hydrogen) atoms. The molecule has 0 spiro atoms. The Morgan fingerprint density at radius 3 is 2.47 bits per heavy atom. The Morgan fingerprint density at radius 2 is 1.95 bits per heavy atom. The molecule has 0 saturated carbocycles. The van der Waals surface area contributed by atoms with Crippen molar-refractivity contribution in [1.29, 1.82) is 0 Å². The number of piperidine rings is 1. The number of aromatic nitrogens is 2. The standard InChI is InChI=1S/C15H25N3O/c1-15(2,3)13-9-14(19)18(11-16-13)10-12-5-7-17(4)8-6-12/h9,11-12H,5-8,10H2,1-4H3. The minimum absolute atomic E-state index is 0.0637. The maximum atomic E-state index is 12.1. The Bertz CT molecular complexity index is 479. The van der Waals surface area contributed by atoms with Crippen LogP contribution in [0.1, 0.15) is 39.3 Å². The van der Waals surface area contributed by atoms with E-state index in [-0.39, 0.29) is 11.0 Å².